The molecule has 0 unspecified atom stereocenters. The predicted molar refractivity (Wildman–Crippen MR) is 100 cm³/mol. The van der Waals surface area contributed by atoms with E-state index in [-0.39, 0.29) is 18.5 Å². The first-order valence-electron chi connectivity index (χ1n) is 8.36. The summed E-state index contributed by atoms with van der Waals surface area (Å²) in [5.74, 6) is 0.293. The van der Waals surface area contributed by atoms with Gasteiger partial charge in [0, 0.05) is 12.1 Å². The molecule has 2 aromatic carbocycles. The van der Waals surface area contributed by atoms with E-state index in [9.17, 15) is 4.79 Å². The van der Waals surface area contributed by atoms with E-state index in [4.69, 9.17) is 16.9 Å². The molecule has 1 aliphatic rings. The second-order valence-corrected chi connectivity index (χ2v) is 6.84. The smallest absolute Gasteiger partial charge is 0.241 e. The summed E-state index contributed by atoms with van der Waals surface area (Å²) in [6.07, 6.45) is 0.753. The van der Waals surface area contributed by atoms with E-state index < -0.39 is 0 Å². The Hall–Kier alpha value is -2.35. The Morgan fingerprint density at radius 1 is 1.28 bits per heavy atom. The summed E-state index contributed by atoms with van der Waals surface area (Å²) in [7, 11) is 0. The Labute approximate surface area is 153 Å². The summed E-state index contributed by atoms with van der Waals surface area (Å²) >= 11 is 6.54. The first-order valence-corrected chi connectivity index (χ1v) is 8.73. The first kappa shape index (κ1) is 17.5. The summed E-state index contributed by atoms with van der Waals surface area (Å²) in [4.78, 5) is 14.7. The quantitative estimate of drug-likeness (QED) is 0.839. The number of carbonyl (C=O) groups excluding carboxylic acids is 1. The van der Waals surface area contributed by atoms with Crippen molar-refractivity contribution >= 4 is 23.2 Å². The summed E-state index contributed by atoms with van der Waals surface area (Å²) in [5, 5.41) is 12.4. The van der Waals surface area contributed by atoms with Gasteiger partial charge >= 0.3 is 0 Å². The number of nitrogens with one attached hydrogen (secondary N) is 1. The van der Waals surface area contributed by atoms with Crippen molar-refractivity contribution in [3.63, 3.8) is 0 Å². The molecule has 1 heterocycles. The molecule has 4 nitrogen and oxygen atoms in total. The van der Waals surface area contributed by atoms with Crippen LogP contribution in [0.2, 0.25) is 5.02 Å². The minimum atomic E-state index is -0.286. The molecule has 0 bridgehead atoms. The highest BCUT2D eigenvalue weighted by atomic mass is 35.5. The first-order chi connectivity index (χ1) is 12.1. The standard InChI is InChI=1S/C20H20ClN3O/c1-14-12-18(24(13-14)11-10-22)20(25)23-17-9-5-8-16(19(17)21)15-6-3-2-4-7-15/h2-9,14,18H,11-13H2,1H3,(H,23,25)/t14-,18-/m0/s1. The number of anilines is 1. The molecule has 128 valence electrons. The van der Waals surface area contributed by atoms with Crippen LogP contribution in [0.5, 0.6) is 0 Å². The highest BCUT2D eigenvalue weighted by molar-refractivity contribution is 6.36. The van der Waals surface area contributed by atoms with Crippen LogP contribution in [-0.4, -0.2) is 29.9 Å². The maximum Gasteiger partial charge on any atom is 0.241 e. The fraction of sp³-hybridized carbons (Fsp3) is 0.300. The third kappa shape index (κ3) is 3.84. The zero-order valence-corrected chi connectivity index (χ0v) is 14.8. The van der Waals surface area contributed by atoms with Gasteiger partial charge in [-0.05, 0) is 24.0 Å². The Morgan fingerprint density at radius 2 is 2.04 bits per heavy atom. The lowest BCUT2D eigenvalue weighted by molar-refractivity contribution is -0.120. The van der Waals surface area contributed by atoms with Crippen LogP contribution in [-0.2, 0) is 4.79 Å². The Morgan fingerprint density at radius 3 is 2.76 bits per heavy atom. The van der Waals surface area contributed by atoms with Gasteiger partial charge in [0.25, 0.3) is 0 Å². The van der Waals surface area contributed by atoms with Crippen LogP contribution in [0.15, 0.2) is 48.5 Å². The zero-order valence-electron chi connectivity index (χ0n) is 14.1. The van der Waals surface area contributed by atoms with Crippen LogP contribution >= 0.6 is 11.6 Å². The normalized spacial score (nSPS) is 20.2. The van der Waals surface area contributed by atoms with Gasteiger partial charge in [-0.25, -0.2) is 0 Å². The molecular formula is C20H20ClN3O. The molecule has 1 N–H and O–H groups in total. The van der Waals surface area contributed by atoms with Crippen molar-refractivity contribution in [1.29, 1.82) is 5.26 Å². The third-order valence-electron chi connectivity index (χ3n) is 4.53. The Kier molecular flexibility index (Phi) is 5.37. The van der Waals surface area contributed by atoms with Crippen LogP contribution in [0.3, 0.4) is 0 Å². The molecule has 0 radical (unpaired) electrons. The highest BCUT2D eigenvalue weighted by Crippen LogP contribution is 2.34. The van der Waals surface area contributed by atoms with Crippen LogP contribution in [0, 0.1) is 17.2 Å². The van der Waals surface area contributed by atoms with E-state index in [1.807, 2.05) is 47.4 Å². The summed E-state index contributed by atoms with van der Waals surface area (Å²) < 4.78 is 0. The number of amides is 1. The molecule has 2 atom stereocenters. The van der Waals surface area contributed by atoms with Crippen LogP contribution in [0.1, 0.15) is 13.3 Å². The monoisotopic (exact) mass is 353 g/mol. The number of nitriles is 1. The fourth-order valence-corrected chi connectivity index (χ4v) is 3.64. The molecule has 3 rings (SSSR count). The van der Waals surface area contributed by atoms with E-state index in [0.717, 1.165) is 24.1 Å². The van der Waals surface area contributed by atoms with Crippen LogP contribution < -0.4 is 5.32 Å². The molecule has 0 aromatic heterocycles. The number of nitrogens with zero attached hydrogens (tertiary/aromatic N) is 2. The summed E-state index contributed by atoms with van der Waals surface area (Å²) in [5.41, 5.74) is 2.49. The Bertz CT molecular complexity index is 800. The number of likely N-dealkylation sites (tertiary alicyclic amines) is 1. The van der Waals surface area contributed by atoms with E-state index in [2.05, 4.69) is 18.3 Å². The van der Waals surface area contributed by atoms with E-state index in [1.54, 1.807) is 6.07 Å². The largest absolute Gasteiger partial charge is 0.323 e. The van der Waals surface area contributed by atoms with Crippen LogP contribution in [0.4, 0.5) is 5.69 Å². The lowest BCUT2D eigenvalue weighted by atomic mass is 10.0. The van der Waals surface area contributed by atoms with Crippen molar-refractivity contribution in [1.82, 2.24) is 4.90 Å². The number of rotatable bonds is 4. The molecule has 1 fully saturated rings. The number of carbonyl (C=O) groups is 1. The van der Waals surface area contributed by atoms with Gasteiger partial charge < -0.3 is 5.32 Å². The van der Waals surface area contributed by atoms with Gasteiger partial charge in [-0.2, -0.15) is 5.26 Å². The topological polar surface area (TPSA) is 56.1 Å². The predicted octanol–water partition coefficient (Wildman–Crippen LogP) is 4.18. The van der Waals surface area contributed by atoms with Crippen molar-refractivity contribution < 1.29 is 4.79 Å². The zero-order chi connectivity index (χ0) is 17.8. The van der Waals surface area contributed by atoms with E-state index >= 15 is 0 Å². The molecule has 1 aliphatic heterocycles. The van der Waals surface area contributed by atoms with E-state index in [0.29, 0.717) is 16.6 Å². The lowest BCUT2D eigenvalue weighted by Gasteiger charge is -2.21. The number of halogens is 1. The van der Waals surface area contributed by atoms with Crippen molar-refractivity contribution in [2.24, 2.45) is 5.92 Å². The van der Waals surface area contributed by atoms with Crippen LogP contribution in [0.25, 0.3) is 11.1 Å². The van der Waals surface area contributed by atoms with E-state index in [1.165, 1.54) is 0 Å². The molecule has 0 saturated carbocycles. The molecule has 5 heteroatoms. The molecule has 1 amide bonds. The van der Waals surface area contributed by atoms with Crippen molar-refractivity contribution in [3.05, 3.63) is 53.6 Å². The highest BCUT2D eigenvalue weighted by Gasteiger charge is 2.34. The van der Waals surface area contributed by atoms with Crippen molar-refractivity contribution in [2.45, 2.75) is 19.4 Å². The van der Waals surface area contributed by atoms with Gasteiger partial charge in [0.05, 0.1) is 29.4 Å². The maximum atomic E-state index is 12.7. The SMILES string of the molecule is C[C@H]1C[C@@H](C(=O)Nc2cccc(-c3ccccc3)c2Cl)N(CC#N)C1. The minimum Gasteiger partial charge on any atom is -0.323 e. The molecule has 0 aliphatic carbocycles. The van der Waals surface area contributed by atoms with Gasteiger partial charge in [-0.1, -0.05) is 61.0 Å². The fourth-order valence-electron chi connectivity index (χ4n) is 3.36. The molecule has 0 spiro atoms. The third-order valence-corrected chi connectivity index (χ3v) is 4.94. The molecule has 25 heavy (non-hydrogen) atoms. The average molecular weight is 354 g/mol. The molecule has 2 aromatic rings. The number of hydrogen-bond donors (Lipinski definition) is 1. The average Bonchev–Trinajstić information content (AvgIpc) is 2.98. The second kappa shape index (κ2) is 7.69. The van der Waals surface area contributed by atoms with Gasteiger partial charge in [0.2, 0.25) is 5.91 Å². The van der Waals surface area contributed by atoms with Gasteiger partial charge in [0.1, 0.15) is 0 Å². The van der Waals surface area contributed by atoms with Crippen molar-refractivity contribution in [2.75, 3.05) is 18.4 Å². The molecule has 1 saturated heterocycles. The number of hydrogen-bond acceptors (Lipinski definition) is 3. The van der Waals surface area contributed by atoms with Gasteiger partial charge in [-0.15, -0.1) is 0 Å². The summed E-state index contributed by atoms with van der Waals surface area (Å²) in [6, 6.07) is 17.3. The lowest BCUT2D eigenvalue weighted by Crippen LogP contribution is -2.39. The van der Waals surface area contributed by atoms with Gasteiger partial charge in [-0.3, -0.25) is 9.69 Å². The minimum absolute atomic E-state index is 0.105. The maximum absolute atomic E-state index is 12.7. The number of benzene rings is 2. The summed E-state index contributed by atoms with van der Waals surface area (Å²) in [6.45, 7) is 3.13. The molecular weight excluding hydrogens is 334 g/mol. The van der Waals surface area contributed by atoms with Crippen molar-refractivity contribution in [3.8, 4) is 17.2 Å². The van der Waals surface area contributed by atoms with Gasteiger partial charge in [0.15, 0.2) is 0 Å². The Balaban J connectivity index is 1.81. The second-order valence-electron chi connectivity index (χ2n) is 6.47.